The molecule has 26 heavy (non-hydrogen) atoms. The molecule has 0 N–H and O–H groups in total. The van der Waals surface area contributed by atoms with Gasteiger partial charge in [0.2, 0.25) is 0 Å². The number of halogens is 1. The molecule has 0 amide bonds. The molecule has 1 aliphatic rings. The van der Waals surface area contributed by atoms with E-state index in [1.807, 2.05) is 0 Å². The van der Waals surface area contributed by atoms with E-state index in [1.54, 1.807) is 0 Å². The molecule has 0 radical (unpaired) electrons. The number of hydrogen-bond donors (Lipinski definition) is 0. The first-order chi connectivity index (χ1) is 12.8. The summed E-state index contributed by atoms with van der Waals surface area (Å²) in [5.74, 6) is 0. The molecule has 0 spiro atoms. The van der Waals surface area contributed by atoms with E-state index in [0.29, 0.717) is 0 Å². The maximum absolute atomic E-state index is 3.74. The van der Waals surface area contributed by atoms with Crippen LogP contribution in [0.15, 0.2) is 108 Å². The molecule has 4 aromatic carbocycles. The Balaban J connectivity index is 1.99. The standard InChI is InChI=1S/C24H17BrGe/c25-18-15-16-22-21-13-7-8-14-23(21)26(24(22)17-18,19-9-3-1-4-10-19)20-11-5-2-6-12-20/h1-17H. The van der Waals surface area contributed by atoms with Gasteiger partial charge in [-0.2, -0.15) is 0 Å². The van der Waals surface area contributed by atoms with Crippen LogP contribution in [0.1, 0.15) is 0 Å². The van der Waals surface area contributed by atoms with Crippen LogP contribution in [0.3, 0.4) is 0 Å². The molecule has 0 fully saturated rings. The second-order valence-electron chi connectivity index (χ2n) is 6.72. The van der Waals surface area contributed by atoms with Crippen molar-refractivity contribution in [1.82, 2.24) is 0 Å². The van der Waals surface area contributed by atoms with Gasteiger partial charge in [0.05, 0.1) is 0 Å². The third kappa shape index (κ3) is 2.20. The average molecular weight is 458 g/mol. The maximum atomic E-state index is 3.74. The van der Waals surface area contributed by atoms with Crippen LogP contribution in [-0.4, -0.2) is 13.3 Å². The molecule has 0 unspecified atom stereocenters. The van der Waals surface area contributed by atoms with E-state index >= 15 is 0 Å². The van der Waals surface area contributed by atoms with Crippen LogP contribution in [0.5, 0.6) is 0 Å². The van der Waals surface area contributed by atoms with Crippen molar-refractivity contribution in [3.63, 3.8) is 0 Å². The summed E-state index contributed by atoms with van der Waals surface area (Å²) < 4.78 is 7.20. The van der Waals surface area contributed by atoms with Crippen molar-refractivity contribution in [2.45, 2.75) is 0 Å². The Morgan fingerprint density at radius 2 is 1.04 bits per heavy atom. The van der Waals surface area contributed by atoms with E-state index in [1.165, 1.54) is 28.7 Å². The molecular formula is C24H17BrGe. The van der Waals surface area contributed by atoms with Gasteiger partial charge in [0.25, 0.3) is 0 Å². The summed E-state index contributed by atoms with van der Waals surface area (Å²) in [6, 6.07) is 38.2. The van der Waals surface area contributed by atoms with Crippen molar-refractivity contribution in [2.75, 3.05) is 0 Å². The second kappa shape index (κ2) is 6.26. The van der Waals surface area contributed by atoms with Crippen molar-refractivity contribution in [3.8, 4) is 11.1 Å². The van der Waals surface area contributed by atoms with E-state index < -0.39 is 13.3 Å². The molecule has 0 aliphatic carbocycles. The first kappa shape index (κ1) is 16.1. The Hall–Kier alpha value is -2.10. The molecule has 0 saturated carbocycles. The number of rotatable bonds is 2. The zero-order valence-corrected chi connectivity index (χ0v) is 17.9. The third-order valence-corrected chi connectivity index (χ3v) is 16.1. The zero-order chi connectivity index (χ0) is 17.6. The van der Waals surface area contributed by atoms with Crippen LogP contribution in [-0.2, 0) is 0 Å². The van der Waals surface area contributed by atoms with Crippen molar-refractivity contribution in [3.05, 3.63) is 108 Å². The van der Waals surface area contributed by atoms with E-state index in [2.05, 4.69) is 119 Å². The summed E-state index contributed by atoms with van der Waals surface area (Å²) >= 11 is 0.751. The van der Waals surface area contributed by atoms with E-state index in [9.17, 15) is 0 Å². The molecule has 1 aliphatic heterocycles. The third-order valence-electron chi connectivity index (χ3n) is 5.42. The first-order valence-corrected chi connectivity index (χ1v) is 13.8. The summed E-state index contributed by atoms with van der Waals surface area (Å²) in [4.78, 5) is 0. The topological polar surface area (TPSA) is 0 Å². The van der Waals surface area contributed by atoms with Gasteiger partial charge in [-0.3, -0.25) is 0 Å². The van der Waals surface area contributed by atoms with E-state index in [0.717, 1.165) is 4.47 Å². The van der Waals surface area contributed by atoms with Crippen molar-refractivity contribution in [2.24, 2.45) is 0 Å². The van der Waals surface area contributed by atoms with Crippen LogP contribution in [0, 0.1) is 0 Å². The van der Waals surface area contributed by atoms with Crippen molar-refractivity contribution < 1.29 is 0 Å². The van der Waals surface area contributed by atoms with Crippen molar-refractivity contribution >= 4 is 46.8 Å². The van der Waals surface area contributed by atoms with Gasteiger partial charge in [-0.25, -0.2) is 0 Å². The molecule has 0 saturated heterocycles. The van der Waals surface area contributed by atoms with Gasteiger partial charge in [0, 0.05) is 0 Å². The van der Waals surface area contributed by atoms with Gasteiger partial charge in [-0.05, 0) is 0 Å². The Kier molecular flexibility index (Phi) is 3.88. The zero-order valence-electron chi connectivity index (χ0n) is 14.2. The monoisotopic (exact) mass is 458 g/mol. The molecule has 4 aromatic rings. The van der Waals surface area contributed by atoms with Crippen LogP contribution < -0.4 is 17.6 Å². The Labute approximate surface area is 165 Å². The van der Waals surface area contributed by atoms with Gasteiger partial charge in [0.15, 0.2) is 0 Å². The second-order valence-corrected chi connectivity index (χ2v) is 15.5. The fourth-order valence-electron chi connectivity index (χ4n) is 4.42. The molecule has 5 rings (SSSR count). The molecular weight excluding hydrogens is 441 g/mol. The molecule has 124 valence electrons. The van der Waals surface area contributed by atoms with Crippen LogP contribution >= 0.6 is 15.9 Å². The minimum atomic E-state index is -2.99. The Morgan fingerprint density at radius 3 is 1.69 bits per heavy atom. The molecule has 0 atom stereocenters. The summed E-state index contributed by atoms with van der Waals surface area (Å²) in [5, 5.41) is 0. The summed E-state index contributed by atoms with van der Waals surface area (Å²) in [6.45, 7) is 0. The number of fused-ring (bicyclic) bond motifs is 3. The predicted molar refractivity (Wildman–Crippen MR) is 117 cm³/mol. The average Bonchev–Trinajstić information content (AvgIpc) is 3.00. The van der Waals surface area contributed by atoms with Crippen LogP contribution in [0.2, 0.25) is 0 Å². The van der Waals surface area contributed by atoms with Gasteiger partial charge in [-0.15, -0.1) is 0 Å². The first-order valence-electron chi connectivity index (χ1n) is 8.83. The minimum absolute atomic E-state index is 1.16. The molecule has 0 aromatic heterocycles. The van der Waals surface area contributed by atoms with Gasteiger partial charge in [0.1, 0.15) is 0 Å². The molecule has 1 heterocycles. The Morgan fingerprint density at radius 1 is 0.500 bits per heavy atom. The molecule has 0 nitrogen and oxygen atoms in total. The quantitative estimate of drug-likeness (QED) is 0.354. The fraction of sp³-hybridized carbons (Fsp3) is 0. The van der Waals surface area contributed by atoms with Crippen LogP contribution in [0.4, 0.5) is 0 Å². The summed E-state index contributed by atoms with van der Waals surface area (Å²) in [7, 11) is 0. The number of benzene rings is 4. The predicted octanol–water partition coefficient (Wildman–Crippen LogP) is 3.81. The van der Waals surface area contributed by atoms with Gasteiger partial charge >= 0.3 is 166 Å². The van der Waals surface area contributed by atoms with Crippen molar-refractivity contribution in [1.29, 1.82) is 0 Å². The fourth-order valence-corrected chi connectivity index (χ4v) is 16.2. The van der Waals surface area contributed by atoms with E-state index in [4.69, 9.17) is 0 Å². The summed E-state index contributed by atoms with van der Waals surface area (Å²) in [6.07, 6.45) is 0. The SMILES string of the molecule is Brc1ccc2[c](c1)[Ge]([c]1ccccc1)([c]1ccccc1)[c]1ccccc1-2. The molecule has 2 heteroatoms. The van der Waals surface area contributed by atoms with Crippen LogP contribution in [0.25, 0.3) is 11.1 Å². The summed E-state index contributed by atoms with van der Waals surface area (Å²) in [5.41, 5.74) is 2.80. The van der Waals surface area contributed by atoms with E-state index in [-0.39, 0.29) is 0 Å². The van der Waals surface area contributed by atoms with Gasteiger partial charge in [-0.1, -0.05) is 0 Å². The molecule has 0 bridgehead atoms. The number of hydrogen-bond acceptors (Lipinski definition) is 0. The van der Waals surface area contributed by atoms with Gasteiger partial charge < -0.3 is 0 Å². The normalized spacial score (nSPS) is 13.9. The Bertz CT molecular complexity index is 1050.